The number of hydrogen-bond donors (Lipinski definition) is 2. The number of carbonyl (C=O) groups excluding carboxylic acids is 2. The van der Waals surface area contributed by atoms with E-state index >= 15 is 0 Å². The lowest BCUT2D eigenvalue weighted by atomic mass is 9.92. The van der Waals surface area contributed by atoms with Crippen LogP contribution in [0.2, 0.25) is 0 Å². The van der Waals surface area contributed by atoms with Crippen molar-refractivity contribution in [3.63, 3.8) is 0 Å². The number of rotatable bonds is 4. The van der Waals surface area contributed by atoms with Gasteiger partial charge in [-0.25, -0.2) is 4.98 Å². The third-order valence-electron chi connectivity index (χ3n) is 5.82. The Bertz CT molecular complexity index is 629. The van der Waals surface area contributed by atoms with Gasteiger partial charge in [0.05, 0.1) is 17.9 Å². The summed E-state index contributed by atoms with van der Waals surface area (Å²) in [4.78, 5) is 29.2. The molecule has 0 saturated heterocycles. The van der Waals surface area contributed by atoms with E-state index < -0.39 is 0 Å². The molecule has 130 valence electrons. The summed E-state index contributed by atoms with van der Waals surface area (Å²) >= 11 is 0. The molecule has 4 rings (SSSR count). The SMILES string of the molecule is O=C(NC1CCC1)c1ncn2c1CCC(C(=O)NC1CCCC1)C2. The van der Waals surface area contributed by atoms with Gasteiger partial charge in [0.2, 0.25) is 5.91 Å². The number of aromatic nitrogens is 2. The molecule has 1 aliphatic heterocycles. The molecular weight excluding hydrogens is 304 g/mol. The lowest BCUT2D eigenvalue weighted by Gasteiger charge is -2.27. The Balaban J connectivity index is 1.38. The first-order valence-corrected chi connectivity index (χ1v) is 9.36. The maximum absolute atomic E-state index is 12.5. The molecule has 0 bridgehead atoms. The van der Waals surface area contributed by atoms with Crippen molar-refractivity contribution in [1.29, 1.82) is 0 Å². The highest BCUT2D eigenvalue weighted by atomic mass is 16.2. The molecule has 1 atom stereocenters. The molecule has 2 aliphatic carbocycles. The van der Waals surface area contributed by atoms with Gasteiger partial charge in [0, 0.05) is 18.6 Å². The summed E-state index contributed by atoms with van der Waals surface area (Å²) in [5, 5.41) is 6.26. The molecule has 2 fully saturated rings. The number of amides is 2. The maximum atomic E-state index is 12.5. The zero-order valence-electron chi connectivity index (χ0n) is 14.1. The normalized spacial score (nSPS) is 24.2. The van der Waals surface area contributed by atoms with Gasteiger partial charge in [-0.3, -0.25) is 9.59 Å². The van der Waals surface area contributed by atoms with Gasteiger partial charge in [-0.05, 0) is 44.9 Å². The Labute approximate surface area is 142 Å². The predicted octanol–water partition coefficient (Wildman–Crippen LogP) is 1.79. The number of nitrogens with zero attached hydrogens (tertiary/aromatic N) is 2. The third-order valence-corrected chi connectivity index (χ3v) is 5.82. The van der Waals surface area contributed by atoms with Crippen LogP contribution < -0.4 is 10.6 Å². The van der Waals surface area contributed by atoms with Gasteiger partial charge in [0.1, 0.15) is 5.69 Å². The van der Waals surface area contributed by atoms with Crippen LogP contribution in [0.4, 0.5) is 0 Å². The van der Waals surface area contributed by atoms with Gasteiger partial charge in [-0.2, -0.15) is 0 Å². The molecule has 2 N–H and O–H groups in total. The number of fused-ring (bicyclic) bond motifs is 1. The molecular formula is C18H26N4O2. The average Bonchev–Trinajstić information content (AvgIpc) is 3.19. The standard InChI is InChI=1S/C18H26N4O2/c23-17(20-13-4-1-2-5-13)12-8-9-15-16(19-11-22(15)10-12)18(24)21-14-6-3-7-14/h11-14H,1-10H2,(H,20,23)(H,21,24). The van der Waals surface area contributed by atoms with E-state index in [0.29, 0.717) is 24.3 Å². The van der Waals surface area contributed by atoms with Crippen LogP contribution >= 0.6 is 0 Å². The van der Waals surface area contributed by atoms with E-state index in [2.05, 4.69) is 15.6 Å². The lowest BCUT2D eigenvalue weighted by molar-refractivity contribution is -0.126. The first kappa shape index (κ1) is 15.7. The first-order chi connectivity index (χ1) is 11.7. The summed E-state index contributed by atoms with van der Waals surface area (Å²) < 4.78 is 2.00. The topological polar surface area (TPSA) is 76.0 Å². The van der Waals surface area contributed by atoms with E-state index in [1.54, 1.807) is 6.33 Å². The van der Waals surface area contributed by atoms with Crippen LogP contribution in [0.1, 0.15) is 67.5 Å². The fourth-order valence-electron chi connectivity index (χ4n) is 4.07. The first-order valence-electron chi connectivity index (χ1n) is 9.36. The van der Waals surface area contributed by atoms with Crippen LogP contribution in [0, 0.1) is 5.92 Å². The van der Waals surface area contributed by atoms with Crippen molar-refractivity contribution in [2.45, 2.75) is 76.4 Å². The Hall–Kier alpha value is -1.85. The van der Waals surface area contributed by atoms with Crippen LogP contribution in [0.5, 0.6) is 0 Å². The summed E-state index contributed by atoms with van der Waals surface area (Å²) in [6.07, 6.45) is 11.3. The van der Waals surface area contributed by atoms with E-state index in [-0.39, 0.29) is 17.7 Å². The molecule has 24 heavy (non-hydrogen) atoms. The fraction of sp³-hybridized carbons (Fsp3) is 0.722. The Morgan fingerprint density at radius 1 is 1.00 bits per heavy atom. The fourth-order valence-corrected chi connectivity index (χ4v) is 4.07. The van der Waals surface area contributed by atoms with Gasteiger partial charge < -0.3 is 15.2 Å². The van der Waals surface area contributed by atoms with Gasteiger partial charge in [0.25, 0.3) is 5.91 Å². The zero-order chi connectivity index (χ0) is 16.5. The van der Waals surface area contributed by atoms with Crippen LogP contribution in [-0.2, 0) is 17.8 Å². The Morgan fingerprint density at radius 3 is 2.42 bits per heavy atom. The van der Waals surface area contributed by atoms with E-state index in [9.17, 15) is 9.59 Å². The van der Waals surface area contributed by atoms with Crippen LogP contribution in [0.25, 0.3) is 0 Å². The molecule has 2 saturated carbocycles. The van der Waals surface area contributed by atoms with Gasteiger partial charge >= 0.3 is 0 Å². The zero-order valence-corrected chi connectivity index (χ0v) is 14.1. The van der Waals surface area contributed by atoms with Crippen molar-refractivity contribution in [3.05, 3.63) is 17.7 Å². The van der Waals surface area contributed by atoms with Crippen molar-refractivity contribution in [3.8, 4) is 0 Å². The van der Waals surface area contributed by atoms with E-state index in [1.165, 1.54) is 19.3 Å². The lowest BCUT2D eigenvalue weighted by Crippen LogP contribution is -2.41. The largest absolute Gasteiger partial charge is 0.353 e. The molecule has 0 aromatic carbocycles. The number of carbonyl (C=O) groups is 2. The minimum absolute atomic E-state index is 0.00477. The molecule has 2 heterocycles. The summed E-state index contributed by atoms with van der Waals surface area (Å²) in [6, 6.07) is 0.689. The summed E-state index contributed by atoms with van der Waals surface area (Å²) in [6.45, 7) is 0.637. The molecule has 3 aliphatic rings. The molecule has 1 unspecified atom stereocenters. The van der Waals surface area contributed by atoms with Crippen molar-refractivity contribution in [1.82, 2.24) is 20.2 Å². The second-order valence-corrected chi connectivity index (χ2v) is 7.52. The van der Waals surface area contributed by atoms with Crippen molar-refractivity contribution in [2.75, 3.05) is 0 Å². The monoisotopic (exact) mass is 330 g/mol. The summed E-state index contributed by atoms with van der Waals surface area (Å²) in [7, 11) is 0. The predicted molar refractivity (Wildman–Crippen MR) is 89.5 cm³/mol. The van der Waals surface area contributed by atoms with Gasteiger partial charge in [-0.1, -0.05) is 12.8 Å². The maximum Gasteiger partial charge on any atom is 0.271 e. The number of nitrogens with one attached hydrogen (secondary N) is 2. The minimum Gasteiger partial charge on any atom is -0.353 e. The highest BCUT2D eigenvalue weighted by Gasteiger charge is 2.31. The second-order valence-electron chi connectivity index (χ2n) is 7.52. The third kappa shape index (κ3) is 3.06. The number of hydrogen-bond acceptors (Lipinski definition) is 3. The molecule has 0 radical (unpaired) electrons. The summed E-state index contributed by atoms with van der Waals surface area (Å²) in [5.74, 6) is 0.110. The molecule has 0 spiro atoms. The van der Waals surface area contributed by atoms with Crippen molar-refractivity contribution in [2.24, 2.45) is 5.92 Å². The molecule has 6 nitrogen and oxygen atoms in total. The van der Waals surface area contributed by atoms with Gasteiger partial charge in [-0.15, -0.1) is 0 Å². The molecule has 1 aromatic heterocycles. The van der Waals surface area contributed by atoms with Gasteiger partial charge in [0.15, 0.2) is 0 Å². The average molecular weight is 330 g/mol. The quantitative estimate of drug-likeness (QED) is 0.884. The molecule has 6 heteroatoms. The highest BCUT2D eigenvalue weighted by molar-refractivity contribution is 5.93. The highest BCUT2D eigenvalue weighted by Crippen LogP contribution is 2.25. The molecule has 1 aromatic rings. The Kier molecular flexibility index (Phi) is 4.29. The Morgan fingerprint density at radius 2 is 1.71 bits per heavy atom. The van der Waals surface area contributed by atoms with Crippen LogP contribution in [0.15, 0.2) is 6.33 Å². The van der Waals surface area contributed by atoms with E-state index in [1.807, 2.05) is 4.57 Å². The minimum atomic E-state index is -0.0534. The van der Waals surface area contributed by atoms with Crippen molar-refractivity contribution < 1.29 is 9.59 Å². The van der Waals surface area contributed by atoms with E-state index in [0.717, 1.165) is 44.2 Å². The molecule has 2 amide bonds. The van der Waals surface area contributed by atoms with Crippen LogP contribution in [-0.4, -0.2) is 33.4 Å². The van der Waals surface area contributed by atoms with Crippen molar-refractivity contribution >= 4 is 11.8 Å². The van der Waals surface area contributed by atoms with Crippen LogP contribution in [0.3, 0.4) is 0 Å². The smallest absolute Gasteiger partial charge is 0.271 e. The second kappa shape index (κ2) is 6.57. The van der Waals surface area contributed by atoms with E-state index in [4.69, 9.17) is 0 Å². The number of imidazole rings is 1. The summed E-state index contributed by atoms with van der Waals surface area (Å²) in [5.41, 5.74) is 1.54.